The summed E-state index contributed by atoms with van der Waals surface area (Å²) in [7, 11) is 3.73. The highest BCUT2D eigenvalue weighted by Crippen LogP contribution is 2.38. The average molecular weight is 577 g/mol. The van der Waals surface area contributed by atoms with E-state index >= 15 is 0 Å². The summed E-state index contributed by atoms with van der Waals surface area (Å²) in [5.41, 5.74) is 0.936. The fraction of sp³-hybridized carbons (Fsp3) is 0.458. The molecule has 0 atom stereocenters. The van der Waals surface area contributed by atoms with Gasteiger partial charge in [-0.25, -0.2) is 9.37 Å². The fourth-order valence-electron chi connectivity index (χ4n) is 4.19. The van der Waals surface area contributed by atoms with Crippen LogP contribution in [0.3, 0.4) is 0 Å². The molecule has 0 bridgehead atoms. The number of amides is 1. The molecule has 3 N–H and O–H groups in total. The van der Waals surface area contributed by atoms with Crippen molar-refractivity contribution in [3.8, 4) is 5.88 Å². The van der Waals surface area contributed by atoms with Gasteiger partial charge in [0.1, 0.15) is 23.5 Å². The van der Waals surface area contributed by atoms with Gasteiger partial charge in [0, 0.05) is 12.6 Å². The van der Waals surface area contributed by atoms with Crippen LogP contribution in [-0.4, -0.2) is 65.2 Å². The van der Waals surface area contributed by atoms with Gasteiger partial charge in [-0.3, -0.25) is 4.79 Å². The van der Waals surface area contributed by atoms with Gasteiger partial charge in [0.25, 0.3) is 5.91 Å². The number of likely N-dealkylation sites (N-methyl/N-ethyl adjacent to an activating group) is 1. The van der Waals surface area contributed by atoms with Crippen molar-refractivity contribution in [2.45, 2.75) is 37.9 Å². The Morgan fingerprint density at radius 2 is 1.79 bits per heavy atom. The number of rotatable bonds is 8. The van der Waals surface area contributed by atoms with Crippen molar-refractivity contribution in [1.29, 1.82) is 0 Å². The monoisotopic (exact) mass is 576 g/mol. The van der Waals surface area contributed by atoms with Crippen molar-refractivity contribution in [1.82, 2.24) is 25.2 Å². The van der Waals surface area contributed by atoms with Crippen LogP contribution in [0.25, 0.3) is 11.2 Å². The minimum Gasteiger partial charge on any atom is -0.476 e. The Kier molecular flexibility index (Phi) is 8.53. The summed E-state index contributed by atoms with van der Waals surface area (Å²) in [5, 5.41) is 5.78. The zero-order valence-corrected chi connectivity index (χ0v) is 22.1. The van der Waals surface area contributed by atoms with Crippen LogP contribution < -0.4 is 15.4 Å². The third-order valence-corrected chi connectivity index (χ3v) is 6.83. The molecule has 2 heterocycles. The quantitative estimate of drug-likeness (QED) is 0.287. The highest BCUT2D eigenvalue weighted by Gasteiger charge is 2.41. The lowest BCUT2D eigenvalue weighted by Crippen LogP contribution is -2.40. The van der Waals surface area contributed by atoms with Crippen molar-refractivity contribution in [2.75, 3.05) is 32.6 Å². The second-order valence-corrected chi connectivity index (χ2v) is 10.2. The number of benzene rings is 1. The van der Waals surface area contributed by atoms with E-state index in [-0.39, 0.29) is 65.4 Å². The summed E-state index contributed by atoms with van der Waals surface area (Å²) in [6.07, 6.45) is -3.87. The molecule has 38 heavy (non-hydrogen) atoms. The molecule has 14 heteroatoms. The summed E-state index contributed by atoms with van der Waals surface area (Å²) in [6, 6.07) is 3.28. The number of aromatic amines is 1. The van der Waals surface area contributed by atoms with Gasteiger partial charge in [-0.05, 0) is 58.0 Å². The topological polar surface area (TPSA) is 95.2 Å². The molecule has 1 fully saturated rings. The molecule has 0 saturated heterocycles. The Labute approximate surface area is 226 Å². The number of carbonyl (C=O) groups is 1. The molecule has 4 rings (SSSR count). The number of hydrogen-bond donors (Lipinski definition) is 3. The van der Waals surface area contributed by atoms with E-state index in [0.29, 0.717) is 17.7 Å². The van der Waals surface area contributed by atoms with E-state index in [2.05, 4.69) is 25.6 Å². The van der Waals surface area contributed by atoms with E-state index in [1.165, 1.54) is 6.07 Å². The van der Waals surface area contributed by atoms with Crippen molar-refractivity contribution in [2.24, 2.45) is 5.92 Å². The molecular weight excluding hydrogens is 551 g/mol. The van der Waals surface area contributed by atoms with Crippen molar-refractivity contribution >= 4 is 51.9 Å². The lowest BCUT2D eigenvalue weighted by atomic mass is 9.85. The molecule has 3 aromatic rings. The van der Waals surface area contributed by atoms with Crippen molar-refractivity contribution in [3.05, 3.63) is 39.6 Å². The smallest absolute Gasteiger partial charge is 0.391 e. The lowest BCUT2D eigenvalue weighted by Gasteiger charge is -2.30. The SMILES string of the molecule is CN(C)CCOc1nc2[nH]c(Nc3c(Cl)cc(F)cc3Cl)nc2cc1C(=O)N[C@H]1CC[C@H](C(F)(F)F)CC1. The molecule has 0 radical (unpaired) electrons. The van der Waals surface area contributed by atoms with Crippen LogP contribution >= 0.6 is 23.2 Å². The van der Waals surface area contributed by atoms with Crippen LogP contribution in [0.4, 0.5) is 29.2 Å². The Balaban J connectivity index is 1.57. The van der Waals surface area contributed by atoms with E-state index in [0.717, 1.165) is 12.1 Å². The van der Waals surface area contributed by atoms with Gasteiger partial charge in [-0.15, -0.1) is 0 Å². The Morgan fingerprint density at radius 1 is 1.13 bits per heavy atom. The predicted molar refractivity (Wildman–Crippen MR) is 137 cm³/mol. The summed E-state index contributed by atoms with van der Waals surface area (Å²) in [4.78, 5) is 26.8. The number of nitrogens with zero attached hydrogens (tertiary/aromatic N) is 3. The molecular formula is C24H26Cl2F4N6O2. The lowest BCUT2D eigenvalue weighted by molar-refractivity contribution is -0.182. The number of nitrogens with one attached hydrogen (secondary N) is 3. The number of H-pyrrole nitrogens is 1. The number of ether oxygens (including phenoxy) is 1. The van der Waals surface area contributed by atoms with Gasteiger partial charge in [-0.1, -0.05) is 23.2 Å². The van der Waals surface area contributed by atoms with Gasteiger partial charge < -0.3 is 25.3 Å². The van der Waals surface area contributed by atoms with E-state index in [1.807, 2.05) is 19.0 Å². The normalized spacial score (nSPS) is 18.1. The van der Waals surface area contributed by atoms with E-state index < -0.39 is 29.9 Å². The highest BCUT2D eigenvalue weighted by molar-refractivity contribution is 6.39. The maximum Gasteiger partial charge on any atom is 0.391 e. The Hall–Kier alpha value is -2.83. The number of hydrogen-bond acceptors (Lipinski definition) is 6. The number of fused-ring (bicyclic) bond motifs is 1. The molecule has 0 aliphatic heterocycles. The molecule has 0 unspecified atom stereocenters. The summed E-state index contributed by atoms with van der Waals surface area (Å²) >= 11 is 12.2. The molecule has 206 valence electrons. The maximum absolute atomic E-state index is 13.5. The predicted octanol–water partition coefficient (Wildman–Crippen LogP) is 5.94. The molecule has 8 nitrogen and oxygen atoms in total. The summed E-state index contributed by atoms with van der Waals surface area (Å²) in [6.45, 7) is 0.794. The minimum absolute atomic E-state index is 0.0384. The van der Waals surface area contributed by atoms with Crippen LogP contribution in [0, 0.1) is 11.7 Å². The van der Waals surface area contributed by atoms with Gasteiger partial charge in [0.2, 0.25) is 11.8 Å². The Bertz CT molecular complexity index is 1290. The first-order valence-corrected chi connectivity index (χ1v) is 12.6. The molecule has 1 aliphatic carbocycles. The third kappa shape index (κ3) is 6.78. The largest absolute Gasteiger partial charge is 0.476 e. The number of anilines is 2. The van der Waals surface area contributed by atoms with E-state index in [4.69, 9.17) is 27.9 Å². The molecule has 2 aromatic heterocycles. The van der Waals surface area contributed by atoms with Crippen molar-refractivity contribution in [3.63, 3.8) is 0 Å². The average Bonchev–Trinajstić information content (AvgIpc) is 3.22. The minimum atomic E-state index is -4.23. The molecule has 1 aliphatic rings. The first kappa shape index (κ1) is 28.2. The second-order valence-electron chi connectivity index (χ2n) is 9.38. The molecule has 1 saturated carbocycles. The first-order valence-electron chi connectivity index (χ1n) is 11.9. The van der Waals surface area contributed by atoms with Crippen LogP contribution in [0.5, 0.6) is 5.88 Å². The number of carbonyl (C=O) groups excluding carboxylic acids is 1. The maximum atomic E-state index is 13.5. The van der Waals surface area contributed by atoms with E-state index in [9.17, 15) is 22.4 Å². The highest BCUT2D eigenvalue weighted by atomic mass is 35.5. The third-order valence-electron chi connectivity index (χ3n) is 6.23. The van der Waals surface area contributed by atoms with Crippen LogP contribution in [0.2, 0.25) is 10.0 Å². The number of pyridine rings is 1. The number of aromatic nitrogens is 3. The molecule has 0 spiro atoms. The first-order chi connectivity index (χ1) is 17.9. The Morgan fingerprint density at radius 3 is 2.39 bits per heavy atom. The van der Waals surface area contributed by atoms with Crippen LogP contribution in [0.15, 0.2) is 18.2 Å². The van der Waals surface area contributed by atoms with Gasteiger partial charge in [0.05, 0.1) is 21.7 Å². The van der Waals surface area contributed by atoms with Crippen molar-refractivity contribution < 1.29 is 27.1 Å². The summed E-state index contributed by atoms with van der Waals surface area (Å²) in [5.74, 6) is -2.23. The zero-order chi connectivity index (χ0) is 27.6. The summed E-state index contributed by atoms with van der Waals surface area (Å²) < 4.78 is 58.4. The van der Waals surface area contributed by atoms with Gasteiger partial charge >= 0.3 is 6.18 Å². The van der Waals surface area contributed by atoms with Gasteiger partial charge in [0.15, 0.2) is 5.65 Å². The fourth-order valence-corrected chi connectivity index (χ4v) is 4.74. The zero-order valence-electron chi connectivity index (χ0n) is 20.6. The standard InChI is InChI=1S/C24H26Cl2F4N6O2/c1-36(2)7-8-38-22-15(21(37)31-14-5-3-12(4-6-14)24(28,29)30)11-18-20(34-22)35-23(32-18)33-19-16(25)9-13(27)10-17(19)26/h9-12,14H,3-8H2,1-2H3,(H,31,37)(H2,32,33,34,35)/t12-,14-. The number of imidazole rings is 1. The second kappa shape index (κ2) is 11.5. The number of halogens is 6. The molecule has 1 aromatic carbocycles. The van der Waals surface area contributed by atoms with Crippen LogP contribution in [0.1, 0.15) is 36.0 Å². The molecule has 1 amide bonds. The van der Waals surface area contributed by atoms with E-state index in [1.54, 1.807) is 0 Å². The number of alkyl halides is 3. The van der Waals surface area contributed by atoms with Gasteiger partial charge in [-0.2, -0.15) is 18.2 Å². The van der Waals surface area contributed by atoms with Crippen LogP contribution in [-0.2, 0) is 0 Å².